The molecule has 2 heteroatoms. The molecule has 0 aromatic carbocycles. The summed E-state index contributed by atoms with van der Waals surface area (Å²) >= 11 is 0. The van der Waals surface area contributed by atoms with Crippen LogP contribution < -0.4 is 0 Å². The van der Waals surface area contributed by atoms with Crippen LogP contribution in [0.2, 0.25) is 0 Å². The number of nitrogens with zero attached hydrogens (tertiary/aromatic N) is 1. The van der Waals surface area contributed by atoms with Gasteiger partial charge in [0, 0.05) is 6.61 Å². The predicted molar refractivity (Wildman–Crippen MR) is 59.2 cm³/mol. The fourth-order valence-corrected chi connectivity index (χ4v) is 2.46. The summed E-state index contributed by atoms with van der Waals surface area (Å²) in [5.41, 5.74) is 0. The minimum absolute atomic E-state index is 0.159. The van der Waals surface area contributed by atoms with Gasteiger partial charge in [0.05, 0.1) is 18.1 Å². The molecular formula is C13H21NO. The first kappa shape index (κ1) is 11.0. The Hall–Kier alpha value is -0.550. The third-order valence-corrected chi connectivity index (χ3v) is 3.89. The van der Waals surface area contributed by atoms with Crippen LogP contribution in [-0.4, -0.2) is 12.7 Å². The topological polar surface area (TPSA) is 33.0 Å². The molecule has 0 amide bonds. The van der Waals surface area contributed by atoms with E-state index in [1.165, 1.54) is 25.7 Å². The summed E-state index contributed by atoms with van der Waals surface area (Å²) in [5.74, 6) is 1.76. The van der Waals surface area contributed by atoms with E-state index in [-0.39, 0.29) is 12.0 Å². The maximum absolute atomic E-state index is 9.07. The second-order valence-corrected chi connectivity index (χ2v) is 5.14. The molecule has 3 unspecified atom stereocenters. The van der Waals surface area contributed by atoms with Gasteiger partial charge in [0.25, 0.3) is 0 Å². The number of rotatable bonds is 4. The molecule has 2 aliphatic rings. The van der Waals surface area contributed by atoms with E-state index in [4.69, 9.17) is 10.00 Å². The number of ether oxygens (including phenoxy) is 1. The van der Waals surface area contributed by atoms with Crippen molar-refractivity contribution in [2.75, 3.05) is 6.61 Å². The molecule has 0 radical (unpaired) electrons. The summed E-state index contributed by atoms with van der Waals surface area (Å²) in [7, 11) is 0. The lowest BCUT2D eigenvalue weighted by Crippen LogP contribution is -2.31. The summed E-state index contributed by atoms with van der Waals surface area (Å²) < 4.78 is 5.92. The van der Waals surface area contributed by atoms with Gasteiger partial charge in [-0.05, 0) is 43.9 Å². The fraction of sp³-hybridized carbons (Fsp3) is 0.923. The van der Waals surface area contributed by atoms with E-state index in [2.05, 4.69) is 13.0 Å². The van der Waals surface area contributed by atoms with Gasteiger partial charge in [-0.2, -0.15) is 5.26 Å². The summed E-state index contributed by atoms with van der Waals surface area (Å²) in [5, 5.41) is 9.07. The molecule has 0 aromatic rings. The largest absolute Gasteiger partial charge is 0.377 e. The van der Waals surface area contributed by atoms with Gasteiger partial charge in [-0.3, -0.25) is 0 Å². The van der Waals surface area contributed by atoms with Crippen molar-refractivity contribution >= 4 is 0 Å². The Kier molecular flexibility index (Phi) is 3.64. The van der Waals surface area contributed by atoms with E-state index in [0.29, 0.717) is 0 Å². The normalized spacial score (nSPS) is 36.1. The Labute approximate surface area is 92.6 Å². The lowest BCUT2D eigenvalue weighted by molar-refractivity contribution is -0.0149. The molecule has 15 heavy (non-hydrogen) atoms. The molecule has 84 valence electrons. The van der Waals surface area contributed by atoms with Crippen LogP contribution in [0.15, 0.2) is 0 Å². The molecule has 0 bridgehead atoms. The van der Waals surface area contributed by atoms with Crippen molar-refractivity contribution in [2.45, 2.75) is 51.6 Å². The van der Waals surface area contributed by atoms with Gasteiger partial charge in [0.1, 0.15) is 0 Å². The van der Waals surface area contributed by atoms with Crippen LogP contribution in [0.25, 0.3) is 0 Å². The van der Waals surface area contributed by atoms with Gasteiger partial charge >= 0.3 is 0 Å². The highest BCUT2D eigenvalue weighted by Gasteiger charge is 2.32. The van der Waals surface area contributed by atoms with Crippen LogP contribution in [0.1, 0.15) is 45.4 Å². The summed E-state index contributed by atoms with van der Waals surface area (Å²) in [6, 6.07) is 2.42. The SMILES string of the molecule is CCC1CCC(C#N)C(OCC2CC2)C1. The first-order valence-corrected chi connectivity index (χ1v) is 6.34. The summed E-state index contributed by atoms with van der Waals surface area (Å²) in [4.78, 5) is 0. The molecule has 0 spiro atoms. The molecular weight excluding hydrogens is 186 g/mol. The van der Waals surface area contributed by atoms with Crippen LogP contribution >= 0.6 is 0 Å². The average Bonchev–Trinajstić information content (AvgIpc) is 3.09. The molecule has 0 aliphatic heterocycles. The molecule has 2 fully saturated rings. The Morgan fingerprint density at radius 1 is 1.20 bits per heavy atom. The summed E-state index contributed by atoms with van der Waals surface area (Å²) in [6.45, 7) is 3.15. The van der Waals surface area contributed by atoms with Gasteiger partial charge in [0.2, 0.25) is 0 Å². The van der Waals surface area contributed by atoms with E-state index in [0.717, 1.165) is 31.3 Å². The average molecular weight is 207 g/mol. The number of hydrogen-bond donors (Lipinski definition) is 0. The zero-order chi connectivity index (χ0) is 10.7. The highest BCUT2D eigenvalue weighted by molar-refractivity contribution is 4.94. The Bertz CT molecular complexity index is 241. The van der Waals surface area contributed by atoms with E-state index in [9.17, 15) is 0 Å². The monoisotopic (exact) mass is 207 g/mol. The number of nitriles is 1. The Balaban J connectivity index is 1.82. The molecule has 0 saturated heterocycles. The highest BCUT2D eigenvalue weighted by Crippen LogP contribution is 2.35. The van der Waals surface area contributed by atoms with Gasteiger partial charge in [-0.25, -0.2) is 0 Å². The van der Waals surface area contributed by atoms with E-state index in [1.807, 2.05) is 0 Å². The molecule has 2 nitrogen and oxygen atoms in total. The maximum Gasteiger partial charge on any atom is 0.0735 e. The number of hydrogen-bond acceptors (Lipinski definition) is 2. The van der Waals surface area contributed by atoms with Crippen LogP contribution in [0, 0.1) is 29.1 Å². The lowest BCUT2D eigenvalue weighted by atomic mass is 9.79. The zero-order valence-corrected chi connectivity index (χ0v) is 9.61. The third kappa shape index (κ3) is 2.95. The van der Waals surface area contributed by atoms with Crippen LogP contribution in [0.5, 0.6) is 0 Å². The highest BCUT2D eigenvalue weighted by atomic mass is 16.5. The van der Waals surface area contributed by atoms with Gasteiger partial charge in [0.15, 0.2) is 0 Å². The quantitative estimate of drug-likeness (QED) is 0.709. The van der Waals surface area contributed by atoms with Gasteiger partial charge in [-0.1, -0.05) is 13.3 Å². The van der Waals surface area contributed by atoms with Crippen molar-refractivity contribution in [3.8, 4) is 6.07 Å². The van der Waals surface area contributed by atoms with E-state index in [1.54, 1.807) is 0 Å². The Morgan fingerprint density at radius 2 is 1.93 bits per heavy atom. The van der Waals surface area contributed by atoms with Crippen molar-refractivity contribution in [3.05, 3.63) is 0 Å². The fourth-order valence-electron chi connectivity index (χ4n) is 2.46. The minimum Gasteiger partial charge on any atom is -0.377 e. The molecule has 2 aliphatic carbocycles. The first-order chi connectivity index (χ1) is 7.33. The second kappa shape index (κ2) is 4.99. The zero-order valence-electron chi connectivity index (χ0n) is 9.61. The van der Waals surface area contributed by atoms with Crippen molar-refractivity contribution < 1.29 is 4.74 Å². The summed E-state index contributed by atoms with van der Waals surface area (Å²) in [6.07, 6.45) is 7.52. The molecule has 0 N–H and O–H groups in total. The van der Waals surface area contributed by atoms with Crippen LogP contribution in [0.4, 0.5) is 0 Å². The van der Waals surface area contributed by atoms with E-state index < -0.39 is 0 Å². The van der Waals surface area contributed by atoms with Crippen molar-refractivity contribution in [1.82, 2.24) is 0 Å². The van der Waals surface area contributed by atoms with Gasteiger partial charge < -0.3 is 4.74 Å². The van der Waals surface area contributed by atoms with Crippen molar-refractivity contribution in [2.24, 2.45) is 17.8 Å². The molecule has 0 aromatic heterocycles. The van der Waals surface area contributed by atoms with E-state index >= 15 is 0 Å². The maximum atomic E-state index is 9.07. The molecule has 2 saturated carbocycles. The minimum atomic E-state index is 0.159. The molecule has 2 rings (SSSR count). The standard InChI is InChI=1S/C13H21NO/c1-2-10-5-6-12(8-14)13(7-10)15-9-11-3-4-11/h10-13H,2-7,9H2,1H3. The van der Waals surface area contributed by atoms with Crippen molar-refractivity contribution in [1.29, 1.82) is 5.26 Å². The van der Waals surface area contributed by atoms with Crippen LogP contribution in [0.3, 0.4) is 0 Å². The Morgan fingerprint density at radius 3 is 2.53 bits per heavy atom. The van der Waals surface area contributed by atoms with Crippen molar-refractivity contribution in [3.63, 3.8) is 0 Å². The second-order valence-electron chi connectivity index (χ2n) is 5.14. The molecule has 0 heterocycles. The predicted octanol–water partition coefficient (Wildman–Crippen LogP) is 3.13. The third-order valence-electron chi connectivity index (χ3n) is 3.89. The van der Waals surface area contributed by atoms with Crippen LogP contribution in [-0.2, 0) is 4.74 Å². The molecule has 3 atom stereocenters. The van der Waals surface area contributed by atoms with Gasteiger partial charge in [-0.15, -0.1) is 0 Å². The first-order valence-electron chi connectivity index (χ1n) is 6.34. The lowest BCUT2D eigenvalue weighted by Gasteiger charge is -2.32. The smallest absolute Gasteiger partial charge is 0.0735 e.